The molecule has 0 N–H and O–H groups in total. The first-order valence-electron chi connectivity index (χ1n) is 6.17. The van der Waals surface area contributed by atoms with Crippen LogP contribution in [0.4, 0.5) is 4.39 Å². The smallest absolute Gasteiger partial charge is 0.162 e. The summed E-state index contributed by atoms with van der Waals surface area (Å²) >= 11 is 0. The van der Waals surface area contributed by atoms with E-state index in [-0.39, 0.29) is 11.6 Å². The maximum atomic E-state index is 13.6. The van der Waals surface area contributed by atoms with E-state index in [2.05, 4.69) is 5.10 Å². The zero-order chi connectivity index (χ0) is 14.3. The van der Waals surface area contributed by atoms with Crippen LogP contribution >= 0.6 is 0 Å². The number of aromatic nitrogens is 2. The predicted octanol–water partition coefficient (Wildman–Crippen LogP) is 3.45. The van der Waals surface area contributed by atoms with Gasteiger partial charge in [-0.2, -0.15) is 5.10 Å². The third-order valence-corrected chi connectivity index (χ3v) is 3.54. The minimum Gasteiger partial charge on any atom is -0.294 e. The van der Waals surface area contributed by atoms with Crippen molar-refractivity contribution in [2.75, 3.05) is 0 Å². The highest BCUT2D eigenvalue weighted by atomic mass is 19.1. The molecule has 0 saturated heterocycles. The van der Waals surface area contributed by atoms with E-state index in [0.29, 0.717) is 16.8 Å². The van der Waals surface area contributed by atoms with Crippen LogP contribution in [-0.2, 0) is 0 Å². The summed E-state index contributed by atoms with van der Waals surface area (Å²) in [5, 5.41) is 4.44. The lowest BCUT2D eigenvalue weighted by molar-refractivity contribution is 0.101. The third-order valence-electron chi connectivity index (χ3n) is 3.54. The Balaban J connectivity index is 2.77. The number of nitrogens with zero attached hydrogens (tertiary/aromatic N) is 2. The number of Topliss-reactive ketones (excluding diaryl/α,β-unsaturated/α-hetero) is 1. The van der Waals surface area contributed by atoms with Crippen molar-refractivity contribution in [1.82, 2.24) is 9.78 Å². The monoisotopic (exact) mass is 260 g/mol. The lowest BCUT2D eigenvalue weighted by Gasteiger charge is -2.11. The van der Waals surface area contributed by atoms with Crippen LogP contribution in [0.2, 0.25) is 0 Å². The Morgan fingerprint density at radius 2 is 1.84 bits per heavy atom. The van der Waals surface area contributed by atoms with E-state index in [9.17, 15) is 9.18 Å². The topological polar surface area (TPSA) is 34.9 Å². The molecule has 0 spiro atoms. The summed E-state index contributed by atoms with van der Waals surface area (Å²) in [5.41, 5.74) is 4.45. The number of carbonyl (C=O) groups excluding carboxylic acids is 1. The molecule has 0 unspecified atom stereocenters. The maximum Gasteiger partial charge on any atom is 0.162 e. The molecule has 0 amide bonds. The highest BCUT2D eigenvalue weighted by Gasteiger charge is 2.16. The molecule has 1 aromatic heterocycles. The normalized spacial score (nSPS) is 10.8. The summed E-state index contributed by atoms with van der Waals surface area (Å²) in [6.45, 7) is 8.96. The fourth-order valence-electron chi connectivity index (χ4n) is 2.08. The molecule has 100 valence electrons. The Morgan fingerprint density at radius 1 is 1.21 bits per heavy atom. The van der Waals surface area contributed by atoms with Crippen molar-refractivity contribution in [3.63, 3.8) is 0 Å². The molecule has 1 heterocycles. The molecule has 0 saturated carbocycles. The van der Waals surface area contributed by atoms with Crippen LogP contribution in [0.15, 0.2) is 12.1 Å². The Labute approximate surface area is 112 Å². The molecule has 0 radical (unpaired) electrons. The van der Waals surface area contributed by atoms with Crippen molar-refractivity contribution in [2.24, 2.45) is 0 Å². The van der Waals surface area contributed by atoms with Gasteiger partial charge >= 0.3 is 0 Å². The molecule has 1 aromatic carbocycles. The van der Waals surface area contributed by atoms with E-state index in [1.165, 1.54) is 13.0 Å². The Bertz CT molecular complexity index is 671. The number of ketones is 1. The lowest BCUT2D eigenvalue weighted by Crippen LogP contribution is -2.08. The average Bonchev–Trinajstić information content (AvgIpc) is 2.59. The van der Waals surface area contributed by atoms with Gasteiger partial charge in [-0.25, -0.2) is 9.07 Å². The summed E-state index contributed by atoms with van der Waals surface area (Å²) in [4.78, 5) is 11.7. The van der Waals surface area contributed by atoms with Gasteiger partial charge in [0.15, 0.2) is 5.78 Å². The van der Waals surface area contributed by atoms with Crippen molar-refractivity contribution >= 4 is 5.78 Å². The molecule has 0 bridgehead atoms. The number of aryl methyl sites for hydroxylation is 2. The summed E-state index contributed by atoms with van der Waals surface area (Å²) in [6, 6.07) is 2.96. The number of rotatable bonds is 2. The van der Waals surface area contributed by atoms with Crippen LogP contribution in [-0.4, -0.2) is 15.6 Å². The van der Waals surface area contributed by atoms with Gasteiger partial charge in [0.1, 0.15) is 5.82 Å². The average molecular weight is 260 g/mol. The Hall–Kier alpha value is -1.97. The quantitative estimate of drug-likeness (QED) is 0.775. The molecule has 0 aliphatic carbocycles. The van der Waals surface area contributed by atoms with Crippen LogP contribution < -0.4 is 0 Å². The third kappa shape index (κ3) is 2.18. The summed E-state index contributed by atoms with van der Waals surface area (Å²) in [7, 11) is 0. The maximum absolute atomic E-state index is 13.6. The first kappa shape index (κ1) is 13.5. The van der Waals surface area contributed by atoms with E-state index in [4.69, 9.17) is 0 Å². The highest BCUT2D eigenvalue weighted by Crippen LogP contribution is 2.23. The van der Waals surface area contributed by atoms with E-state index < -0.39 is 0 Å². The zero-order valence-electron chi connectivity index (χ0n) is 11.8. The van der Waals surface area contributed by atoms with Gasteiger partial charge < -0.3 is 0 Å². The van der Waals surface area contributed by atoms with Gasteiger partial charge in [0.2, 0.25) is 0 Å². The Kier molecular flexibility index (Phi) is 3.27. The van der Waals surface area contributed by atoms with Gasteiger partial charge in [0.05, 0.1) is 11.4 Å². The molecule has 3 nitrogen and oxygen atoms in total. The zero-order valence-corrected chi connectivity index (χ0v) is 11.8. The summed E-state index contributed by atoms with van der Waals surface area (Å²) in [5.74, 6) is -0.536. The standard InChI is InChI=1S/C15H17FN2O/c1-8-6-15(13(12(5)19)7-14(8)16)18-11(4)9(2)10(3)17-18/h6-7H,1-5H3. The van der Waals surface area contributed by atoms with Crippen LogP contribution in [0.25, 0.3) is 5.69 Å². The van der Waals surface area contributed by atoms with Gasteiger partial charge in [-0.3, -0.25) is 4.79 Å². The van der Waals surface area contributed by atoms with Gasteiger partial charge in [0, 0.05) is 11.3 Å². The molecule has 19 heavy (non-hydrogen) atoms. The van der Waals surface area contributed by atoms with Gasteiger partial charge in [-0.05, 0) is 57.9 Å². The highest BCUT2D eigenvalue weighted by molar-refractivity contribution is 5.97. The van der Waals surface area contributed by atoms with E-state index >= 15 is 0 Å². The predicted molar refractivity (Wildman–Crippen MR) is 72.5 cm³/mol. The van der Waals surface area contributed by atoms with Gasteiger partial charge in [-0.1, -0.05) is 0 Å². The van der Waals surface area contributed by atoms with Crippen molar-refractivity contribution in [1.29, 1.82) is 0 Å². The van der Waals surface area contributed by atoms with Crippen molar-refractivity contribution in [3.05, 3.63) is 46.0 Å². The second kappa shape index (κ2) is 4.61. The number of hydrogen-bond acceptors (Lipinski definition) is 2. The van der Waals surface area contributed by atoms with Crippen molar-refractivity contribution in [3.8, 4) is 5.69 Å². The molecule has 0 aliphatic rings. The first-order valence-corrected chi connectivity index (χ1v) is 6.17. The van der Waals surface area contributed by atoms with Crippen LogP contribution in [0.3, 0.4) is 0 Å². The van der Waals surface area contributed by atoms with E-state index in [0.717, 1.165) is 17.0 Å². The van der Waals surface area contributed by atoms with Crippen LogP contribution in [0.5, 0.6) is 0 Å². The van der Waals surface area contributed by atoms with E-state index in [1.807, 2.05) is 20.8 Å². The largest absolute Gasteiger partial charge is 0.294 e. The lowest BCUT2D eigenvalue weighted by atomic mass is 10.1. The molecule has 2 aromatic rings. The fraction of sp³-hybridized carbons (Fsp3) is 0.333. The summed E-state index contributed by atoms with van der Waals surface area (Å²) < 4.78 is 15.4. The number of carbonyl (C=O) groups is 1. The Morgan fingerprint density at radius 3 is 2.32 bits per heavy atom. The van der Waals surface area contributed by atoms with Gasteiger partial charge in [0.25, 0.3) is 0 Å². The van der Waals surface area contributed by atoms with Crippen LogP contribution in [0, 0.1) is 33.5 Å². The molecule has 0 atom stereocenters. The second-order valence-electron chi connectivity index (χ2n) is 4.88. The second-order valence-corrected chi connectivity index (χ2v) is 4.88. The molecular weight excluding hydrogens is 243 g/mol. The van der Waals surface area contributed by atoms with Crippen LogP contribution in [0.1, 0.15) is 39.8 Å². The fourth-order valence-corrected chi connectivity index (χ4v) is 2.08. The van der Waals surface area contributed by atoms with E-state index in [1.54, 1.807) is 17.7 Å². The van der Waals surface area contributed by atoms with Gasteiger partial charge in [-0.15, -0.1) is 0 Å². The molecule has 0 fully saturated rings. The molecular formula is C15H17FN2O. The number of hydrogen-bond donors (Lipinski definition) is 0. The number of benzene rings is 1. The molecule has 0 aliphatic heterocycles. The number of halogens is 1. The minimum atomic E-state index is -0.368. The van der Waals surface area contributed by atoms with Crippen molar-refractivity contribution < 1.29 is 9.18 Å². The summed E-state index contributed by atoms with van der Waals surface area (Å²) in [6.07, 6.45) is 0. The minimum absolute atomic E-state index is 0.167. The SMILES string of the molecule is CC(=O)c1cc(F)c(C)cc1-n1nc(C)c(C)c1C. The van der Waals surface area contributed by atoms with Crippen molar-refractivity contribution in [2.45, 2.75) is 34.6 Å². The molecule has 4 heteroatoms. The first-order chi connectivity index (χ1) is 8.82. The molecule has 2 rings (SSSR count).